The molecule has 2 heterocycles. The lowest BCUT2D eigenvalue weighted by atomic mass is 10.1. The second-order valence-electron chi connectivity index (χ2n) is 4.91. The molecule has 0 saturated carbocycles. The van der Waals surface area contributed by atoms with Crippen molar-refractivity contribution in [2.45, 2.75) is 13.0 Å². The zero-order valence-corrected chi connectivity index (χ0v) is 15.0. The van der Waals surface area contributed by atoms with Crippen LogP contribution in [0.3, 0.4) is 0 Å². The van der Waals surface area contributed by atoms with Crippen LogP contribution in [-0.4, -0.2) is 23.9 Å². The summed E-state index contributed by atoms with van der Waals surface area (Å²) in [5, 5.41) is 6.01. The van der Waals surface area contributed by atoms with Gasteiger partial charge in [0, 0.05) is 32.2 Å². The number of benzene rings is 1. The van der Waals surface area contributed by atoms with E-state index in [1.807, 2.05) is 23.1 Å². The normalized spacial score (nSPS) is 13.9. The van der Waals surface area contributed by atoms with Gasteiger partial charge in [-0.25, -0.2) is 0 Å². The van der Waals surface area contributed by atoms with Crippen molar-refractivity contribution in [3.63, 3.8) is 0 Å². The van der Waals surface area contributed by atoms with Gasteiger partial charge in [0.05, 0.1) is 6.54 Å². The quantitative estimate of drug-likeness (QED) is 0.744. The van der Waals surface area contributed by atoms with E-state index >= 15 is 0 Å². The number of rotatable bonds is 3. The Balaban J connectivity index is 1.60. The van der Waals surface area contributed by atoms with Gasteiger partial charge in [0.1, 0.15) is 0 Å². The Kier molecular flexibility index (Phi) is 4.71. The molecule has 0 spiro atoms. The van der Waals surface area contributed by atoms with Gasteiger partial charge in [0.25, 0.3) is 0 Å². The maximum atomic E-state index is 12.3. The molecule has 3 nitrogen and oxygen atoms in total. The van der Waals surface area contributed by atoms with Gasteiger partial charge in [0.15, 0.2) is 0 Å². The van der Waals surface area contributed by atoms with Gasteiger partial charge in [-0.2, -0.15) is 0 Å². The van der Waals surface area contributed by atoms with Gasteiger partial charge in [-0.15, -0.1) is 11.3 Å². The third-order valence-corrected chi connectivity index (χ3v) is 5.67. The third-order valence-electron chi connectivity index (χ3n) is 3.52. The van der Waals surface area contributed by atoms with Crippen LogP contribution in [0.15, 0.2) is 29.6 Å². The van der Waals surface area contributed by atoms with E-state index in [2.05, 4.69) is 39.4 Å². The fraction of sp³-hybridized carbons (Fsp3) is 0.267. The zero-order valence-electron chi connectivity index (χ0n) is 11.2. The van der Waals surface area contributed by atoms with E-state index in [1.54, 1.807) is 11.3 Å². The largest absolute Gasteiger partial charge is 0.375 e. The molecule has 1 amide bonds. The van der Waals surface area contributed by atoms with E-state index < -0.39 is 0 Å². The highest BCUT2D eigenvalue weighted by Gasteiger charge is 2.21. The van der Waals surface area contributed by atoms with Crippen LogP contribution in [0.5, 0.6) is 0 Å². The first-order chi connectivity index (χ1) is 10.1. The number of carbonyl (C=O) groups excluding carboxylic acids is 1. The number of nitrogens with zero attached hydrogens (tertiary/aromatic N) is 1. The van der Waals surface area contributed by atoms with E-state index in [9.17, 15) is 4.79 Å². The average Bonchev–Trinajstić information content (AvgIpc) is 2.93. The summed E-state index contributed by atoms with van der Waals surface area (Å²) in [5.41, 5.74) is 2.24. The minimum Gasteiger partial charge on any atom is -0.375 e. The fourth-order valence-electron chi connectivity index (χ4n) is 2.38. The smallest absolute Gasteiger partial charge is 0.242 e. The molecule has 3 rings (SSSR count). The monoisotopic (exact) mass is 432 g/mol. The van der Waals surface area contributed by atoms with Gasteiger partial charge in [0.2, 0.25) is 5.91 Å². The average molecular weight is 433 g/mol. The molecular formula is C15H14ClIN2OS. The number of hydrogen-bond donors (Lipinski definition) is 1. The molecule has 1 aliphatic heterocycles. The number of fused-ring (bicyclic) bond motifs is 1. The molecule has 0 atom stereocenters. The predicted octanol–water partition coefficient (Wildman–Crippen LogP) is 4.00. The topological polar surface area (TPSA) is 32.3 Å². The lowest BCUT2D eigenvalue weighted by molar-refractivity contribution is -0.130. The number of thiophene rings is 1. The number of amides is 1. The van der Waals surface area contributed by atoms with Gasteiger partial charge in [-0.3, -0.25) is 4.79 Å². The van der Waals surface area contributed by atoms with E-state index in [0.717, 1.165) is 28.8 Å². The molecule has 0 saturated heterocycles. The molecule has 6 heteroatoms. The minimum absolute atomic E-state index is 0.137. The van der Waals surface area contributed by atoms with Crippen molar-refractivity contribution in [3.05, 3.63) is 48.7 Å². The van der Waals surface area contributed by atoms with Crippen LogP contribution in [-0.2, 0) is 17.8 Å². The van der Waals surface area contributed by atoms with Gasteiger partial charge in [-0.05, 0) is 64.2 Å². The first-order valence-electron chi connectivity index (χ1n) is 6.65. The Morgan fingerprint density at radius 1 is 1.43 bits per heavy atom. The van der Waals surface area contributed by atoms with E-state index in [-0.39, 0.29) is 5.91 Å². The first kappa shape index (κ1) is 15.1. The maximum Gasteiger partial charge on any atom is 0.242 e. The summed E-state index contributed by atoms with van der Waals surface area (Å²) in [7, 11) is 0. The van der Waals surface area contributed by atoms with Crippen molar-refractivity contribution in [2.75, 3.05) is 18.4 Å². The zero-order chi connectivity index (χ0) is 14.8. The van der Waals surface area contributed by atoms with Crippen LogP contribution < -0.4 is 5.32 Å². The molecular weight excluding hydrogens is 419 g/mol. The number of carbonyl (C=O) groups is 1. The highest BCUT2D eigenvalue weighted by molar-refractivity contribution is 14.1. The molecule has 21 heavy (non-hydrogen) atoms. The molecule has 0 aliphatic carbocycles. The Hall–Kier alpha value is -0.790. The lowest BCUT2D eigenvalue weighted by Gasteiger charge is -2.27. The molecule has 110 valence electrons. The molecule has 0 radical (unpaired) electrons. The molecule has 0 fully saturated rings. The first-order valence-corrected chi connectivity index (χ1v) is 8.99. The number of halogens is 2. The highest BCUT2D eigenvalue weighted by Crippen LogP contribution is 2.25. The maximum absolute atomic E-state index is 12.3. The van der Waals surface area contributed by atoms with E-state index in [4.69, 9.17) is 11.6 Å². The van der Waals surface area contributed by atoms with E-state index in [1.165, 1.54) is 10.4 Å². The van der Waals surface area contributed by atoms with Crippen molar-refractivity contribution in [3.8, 4) is 0 Å². The van der Waals surface area contributed by atoms with Crippen LogP contribution in [0.4, 0.5) is 5.69 Å². The Labute approximate surface area is 146 Å². The molecule has 1 aromatic heterocycles. The molecule has 1 aliphatic rings. The van der Waals surface area contributed by atoms with Crippen LogP contribution in [0, 0.1) is 3.57 Å². The minimum atomic E-state index is 0.137. The summed E-state index contributed by atoms with van der Waals surface area (Å²) >= 11 is 9.93. The second-order valence-corrected chi connectivity index (χ2v) is 7.51. The van der Waals surface area contributed by atoms with Gasteiger partial charge in [-0.1, -0.05) is 11.6 Å². The second kappa shape index (κ2) is 6.54. The van der Waals surface area contributed by atoms with Crippen LogP contribution in [0.25, 0.3) is 0 Å². The molecule has 0 bridgehead atoms. The van der Waals surface area contributed by atoms with Crippen molar-refractivity contribution in [1.82, 2.24) is 4.90 Å². The summed E-state index contributed by atoms with van der Waals surface area (Å²) in [6.07, 6.45) is 0.969. The standard InChI is InChI=1S/C15H14ClIN2OS/c16-11-1-2-13(12(17)7-11)18-8-15(20)19-5-3-14-10(9-19)4-6-21-14/h1-2,4,6-7,18H,3,5,8-9H2. The Bertz CT molecular complexity index is 673. The van der Waals surface area contributed by atoms with Gasteiger partial charge < -0.3 is 10.2 Å². The number of hydrogen-bond acceptors (Lipinski definition) is 3. The predicted molar refractivity (Wildman–Crippen MR) is 96.1 cm³/mol. The molecule has 0 unspecified atom stereocenters. The van der Waals surface area contributed by atoms with Crippen molar-refractivity contribution >= 4 is 57.1 Å². The van der Waals surface area contributed by atoms with E-state index in [0.29, 0.717) is 11.6 Å². The van der Waals surface area contributed by atoms with Crippen LogP contribution in [0.2, 0.25) is 5.02 Å². The van der Waals surface area contributed by atoms with Crippen molar-refractivity contribution < 1.29 is 4.79 Å². The van der Waals surface area contributed by atoms with Crippen molar-refractivity contribution in [2.24, 2.45) is 0 Å². The van der Waals surface area contributed by atoms with Crippen LogP contribution >= 0.6 is 45.5 Å². The van der Waals surface area contributed by atoms with Crippen molar-refractivity contribution in [1.29, 1.82) is 0 Å². The summed E-state index contributed by atoms with van der Waals surface area (Å²) in [5.74, 6) is 0.137. The fourth-order valence-corrected chi connectivity index (χ4v) is 4.33. The number of nitrogens with one attached hydrogen (secondary N) is 1. The summed E-state index contributed by atoms with van der Waals surface area (Å²) < 4.78 is 1.02. The molecule has 1 N–H and O–H groups in total. The Morgan fingerprint density at radius 3 is 3.10 bits per heavy atom. The third kappa shape index (κ3) is 3.52. The molecule has 2 aromatic rings. The summed E-state index contributed by atoms with van der Waals surface area (Å²) in [6, 6.07) is 7.74. The molecule has 1 aromatic carbocycles. The highest BCUT2D eigenvalue weighted by atomic mass is 127. The Morgan fingerprint density at radius 2 is 2.29 bits per heavy atom. The van der Waals surface area contributed by atoms with Gasteiger partial charge >= 0.3 is 0 Å². The SMILES string of the molecule is O=C(CNc1ccc(Cl)cc1I)N1CCc2sccc2C1. The van der Waals surface area contributed by atoms with Crippen LogP contribution in [0.1, 0.15) is 10.4 Å². The summed E-state index contributed by atoms with van der Waals surface area (Å²) in [4.78, 5) is 15.7. The summed E-state index contributed by atoms with van der Waals surface area (Å²) in [6.45, 7) is 1.86. The number of anilines is 1. The lowest BCUT2D eigenvalue weighted by Crippen LogP contribution is -2.38.